The summed E-state index contributed by atoms with van der Waals surface area (Å²) in [5, 5.41) is 3.04. The highest BCUT2D eigenvalue weighted by molar-refractivity contribution is 6.04. The molecule has 0 saturated carbocycles. The molecule has 23 heavy (non-hydrogen) atoms. The average Bonchev–Trinajstić information content (AvgIpc) is 2.85. The van der Waals surface area contributed by atoms with E-state index in [1.165, 1.54) is 5.56 Å². The van der Waals surface area contributed by atoms with Crippen molar-refractivity contribution < 1.29 is 4.79 Å². The van der Waals surface area contributed by atoms with E-state index in [9.17, 15) is 4.79 Å². The molecule has 2 aromatic rings. The van der Waals surface area contributed by atoms with Gasteiger partial charge in [-0.3, -0.25) is 4.79 Å². The van der Waals surface area contributed by atoms with Gasteiger partial charge in [0.25, 0.3) is 0 Å². The Hall–Kier alpha value is -2.13. The molecule has 1 amide bonds. The average molecular weight is 308 g/mol. The van der Waals surface area contributed by atoms with Crippen molar-refractivity contribution in [1.29, 1.82) is 0 Å². The van der Waals surface area contributed by atoms with Crippen LogP contribution in [0.1, 0.15) is 58.7 Å². The van der Waals surface area contributed by atoms with Gasteiger partial charge in [0.2, 0.25) is 5.91 Å². The number of hydrogen-bond donors (Lipinski definition) is 2. The molecule has 3 rings (SSSR count). The van der Waals surface area contributed by atoms with Gasteiger partial charge in [0.1, 0.15) is 0 Å². The number of fused-ring (bicyclic) bond motifs is 1. The molecule has 0 radical (unpaired) electrons. The van der Waals surface area contributed by atoms with Crippen molar-refractivity contribution >= 4 is 11.6 Å². The van der Waals surface area contributed by atoms with Gasteiger partial charge in [-0.05, 0) is 55.0 Å². The molecule has 1 heterocycles. The van der Waals surface area contributed by atoms with Crippen LogP contribution in [-0.2, 0) is 4.79 Å². The third-order valence-corrected chi connectivity index (χ3v) is 5.05. The predicted octanol–water partition coefficient (Wildman–Crippen LogP) is 4.11. The van der Waals surface area contributed by atoms with Crippen molar-refractivity contribution in [2.24, 2.45) is 5.73 Å². The summed E-state index contributed by atoms with van der Waals surface area (Å²) in [7, 11) is 0. The summed E-state index contributed by atoms with van der Waals surface area (Å²) < 4.78 is 0. The van der Waals surface area contributed by atoms with Crippen molar-refractivity contribution in [1.82, 2.24) is 0 Å². The van der Waals surface area contributed by atoms with Crippen LogP contribution in [0.25, 0.3) is 0 Å². The van der Waals surface area contributed by atoms with Gasteiger partial charge in [-0.2, -0.15) is 0 Å². The Morgan fingerprint density at radius 1 is 1.17 bits per heavy atom. The van der Waals surface area contributed by atoms with Gasteiger partial charge in [0.05, 0.1) is 12.0 Å². The maximum atomic E-state index is 12.2. The Morgan fingerprint density at radius 3 is 2.57 bits per heavy atom. The lowest BCUT2D eigenvalue weighted by Crippen LogP contribution is -2.15. The fourth-order valence-electron chi connectivity index (χ4n) is 3.53. The molecule has 1 aliphatic heterocycles. The number of nitrogens with two attached hydrogens (primary N) is 1. The van der Waals surface area contributed by atoms with Gasteiger partial charge >= 0.3 is 0 Å². The summed E-state index contributed by atoms with van der Waals surface area (Å²) >= 11 is 0. The predicted molar refractivity (Wildman–Crippen MR) is 94.8 cm³/mol. The summed E-state index contributed by atoms with van der Waals surface area (Å²) in [4.78, 5) is 12.2. The van der Waals surface area contributed by atoms with E-state index in [2.05, 4.69) is 57.3 Å². The van der Waals surface area contributed by atoms with Crippen LogP contribution < -0.4 is 11.1 Å². The van der Waals surface area contributed by atoms with Crippen molar-refractivity contribution in [2.75, 3.05) is 5.32 Å². The lowest BCUT2D eigenvalue weighted by atomic mass is 9.87. The maximum Gasteiger partial charge on any atom is 0.232 e. The molecule has 120 valence electrons. The van der Waals surface area contributed by atoms with Gasteiger partial charge in [-0.1, -0.05) is 42.8 Å². The Bertz CT molecular complexity index is 779. The Labute approximate surface area is 137 Å². The Morgan fingerprint density at radius 2 is 1.91 bits per heavy atom. The van der Waals surface area contributed by atoms with Crippen LogP contribution in [0.2, 0.25) is 0 Å². The number of nitrogens with one attached hydrogen (secondary N) is 1. The summed E-state index contributed by atoms with van der Waals surface area (Å²) in [5.74, 6) is 0.0408. The normalized spacial score (nSPS) is 17.8. The second kappa shape index (κ2) is 5.82. The van der Waals surface area contributed by atoms with E-state index >= 15 is 0 Å². The van der Waals surface area contributed by atoms with E-state index < -0.39 is 0 Å². The number of anilines is 1. The number of aryl methyl sites for hydroxylation is 1. The minimum atomic E-state index is -0.174. The zero-order chi connectivity index (χ0) is 16.7. The molecule has 0 fully saturated rings. The second-order valence-corrected chi connectivity index (χ2v) is 6.52. The van der Waals surface area contributed by atoms with E-state index in [-0.39, 0.29) is 17.9 Å². The molecular formula is C20H24N2O. The third kappa shape index (κ3) is 2.55. The summed E-state index contributed by atoms with van der Waals surface area (Å²) in [6, 6.07) is 10.3. The Kier molecular flexibility index (Phi) is 3.99. The van der Waals surface area contributed by atoms with Crippen LogP contribution in [0.5, 0.6) is 0 Å². The van der Waals surface area contributed by atoms with Crippen molar-refractivity contribution in [3.63, 3.8) is 0 Å². The quantitative estimate of drug-likeness (QED) is 0.896. The zero-order valence-electron chi connectivity index (χ0n) is 14.2. The van der Waals surface area contributed by atoms with E-state index in [4.69, 9.17) is 5.73 Å². The van der Waals surface area contributed by atoms with E-state index in [0.29, 0.717) is 0 Å². The van der Waals surface area contributed by atoms with E-state index in [1.54, 1.807) is 0 Å². The summed E-state index contributed by atoms with van der Waals surface area (Å²) in [5.41, 5.74) is 14.4. The fourth-order valence-corrected chi connectivity index (χ4v) is 3.53. The molecule has 0 bridgehead atoms. The van der Waals surface area contributed by atoms with E-state index in [0.717, 1.165) is 39.9 Å². The van der Waals surface area contributed by atoms with Crippen LogP contribution in [0.4, 0.5) is 5.69 Å². The number of hydrogen-bond acceptors (Lipinski definition) is 2. The molecule has 0 saturated heterocycles. The number of rotatable bonds is 3. The molecule has 2 aromatic carbocycles. The van der Waals surface area contributed by atoms with Crippen molar-refractivity contribution in [3.05, 3.63) is 63.7 Å². The van der Waals surface area contributed by atoms with E-state index in [1.807, 2.05) is 6.07 Å². The monoisotopic (exact) mass is 308 g/mol. The molecule has 0 aromatic heterocycles. The highest BCUT2D eigenvalue weighted by Crippen LogP contribution is 2.41. The first-order chi connectivity index (χ1) is 10.9. The molecule has 3 heteroatoms. The number of carbonyl (C=O) groups is 1. The zero-order valence-corrected chi connectivity index (χ0v) is 14.2. The summed E-state index contributed by atoms with van der Waals surface area (Å²) in [6.07, 6.45) is 0.806. The van der Waals surface area contributed by atoms with Crippen molar-refractivity contribution in [3.8, 4) is 0 Å². The van der Waals surface area contributed by atoms with Gasteiger partial charge in [-0.25, -0.2) is 0 Å². The molecule has 0 spiro atoms. The molecule has 2 unspecified atom stereocenters. The minimum absolute atomic E-state index is 0.0623. The van der Waals surface area contributed by atoms with Crippen LogP contribution in [0.15, 0.2) is 30.3 Å². The fraction of sp³-hybridized carbons (Fsp3) is 0.350. The highest BCUT2D eigenvalue weighted by atomic mass is 16.2. The standard InChI is InChI=1S/C20H24N2O/c1-5-15-17-10-16(12(3)13(4)19(17)22-20(15)23)18(21)14-8-6-7-11(2)9-14/h6-10,15,18H,5,21H2,1-4H3,(H,22,23). The number of carbonyl (C=O) groups excluding carboxylic acids is 1. The maximum absolute atomic E-state index is 12.2. The van der Waals surface area contributed by atoms with Crippen LogP contribution in [0.3, 0.4) is 0 Å². The second-order valence-electron chi connectivity index (χ2n) is 6.52. The Balaban J connectivity index is 2.13. The van der Waals surface area contributed by atoms with Gasteiger partial charge in [0, 0.05) is 5.69 Å². The largest absolute Gasteiger partial charge is 0.325 e. The molecule has 0 aliphatic carbocycles. The highest BCUT2D eigenvalue weighted by Gasteiger charge is 2.32. The molecule has 2 atom stereocenters. The topological polar surface area (TPSA) is 55.1 Å². The molecular weight excluding hydrogens is 284 g/mol. The lowest BCUT2D eigenvalue weighted by molar-refractivity contribution is -0.117. The van der Waals surface area contributed by atoms with Crippen LogP contribution >= 0.6 is 0 Å². The first-order valence-electron chi connectivity index (χ1n) is 8.21. The van der Waals surface area contributed by atoms with Crippen LogP contribution in [0, 0.1) is 20.8 Å². The lowest BCUT2D eigenvalue weighted by Gasteiger charge is -2.20. The number of amides is 1. The summed E-state index contributed by atoms with van der Waals surface area (Å²) in [6.45, 7) is 8.28. The minimum Gasteiger partial charge on any atom is -0.325 e. The SMILES string of the molecule is CCC1C(=O)Nc2c1cc(C(N)c1cccc(C)c1)c(C)c2C. The van der Waals surface area contributed by atoms with Gasteiger partial charge < -0.3 is 11.1 Å². The first kappa shape index (κ1) is 15.8. The first-order valence-corrected chi connectivity index (χ1v) is 8.21. The number of benzene rings is 2. The van der Waals surface area contributed by atoms with Gasteiger partial charge in [0.15, 0.2) is 0 Å². The van der Waals surface area contributed by atoms with Crippen molar-refractivity contribution in [2.45, 2.75) is 46.1 Å². The van der Waals surface area contributed by atoms with Gasteiger partial charge in [-0.15, -0.1) is 0 Å². The molecule has 1 aliphatic rings. The molecule has 3 nitrogen and oxygen atoms in total. The third-order valence-electron chi connectivity index (χ3n) is 5.05. The van der Waals surface area contributed by atoms with Crippen LogP contribution in [-0.4, -0.2) is 5.91 Å². The molecule has 3 N–H and O–H groups in total. The smallest absolute Gasteiger partial charge is 0.232 e.